The van der Waals surface area contributed by atoms with Gasteiger partial charge in [0, 0.05) is 25.2 Å². The van der Waals surface area contributed by atoms with Crippen LogP contribution in [-0.4, -0.2) is 37.8 Å². The summed E-state index contributed by atoms with van der Waals surface area (Å²) in [4.78, 5) is 12.5. The van der Waals surface area contributed by atoms with Crippen molar-refractivity contribution < 1.29 is 13.2 Å². The number of hydrogen-bond donors (Lipinski definition) is 1. The molecule has 3 rings (SSSR count). The molecule has 0 unspecified atom stereocenters. The van der Waals surface area contributed by atoms with Gasteiger partial charge in [0.1, 0.15) is 0 Å². The second kappa shape index (κ2) is 9.03. The zero-order chi connectivity index (χ0) is 20.9. The summed E-state index contributed by atoms with van der Waals surface area (Å²) in [5.74, 6) is -0.214. The Labute approximate surface area is 171 Å². The Morgan fingerprint density at radius 3 is 2.31 bits per heavy atom. The van der Waals surface area contributed by atoms with E-state index >= 15 is 0 Å². The molecule has 1 amide bonds. The Kier molecular flexibility index (Phi) is 6.47. The van der Waals surface area contributed by atoms with E-state index in [4.69, 9.17) is 5.26 Å². The molecule has 1 fully saturated rings. The molecule has 29 heavy (non-hydrogen) atoms. The number of nitriles is 1. The first-order valence-corrected chi connectivity index (χ1v) is 10.9. The number of sulfonamides is 1. The zero-order valence-corrected chi connectivity index (χ0v) is 17.0. The second-order valence-electron chi connectivity index (χ2n) is 7.07. The standard InChI is InChI=1S/C22H23N3O3S/c1-17-2-9-21(10-3-17)29(27,28)25-14-12-20(13-15-25)24-22(26)11-8-18-4-6-19(16-23)7-5-18/h2-11,20H,12-15H2,1H3,(H,24,26)/b11-8+. The average Bonchev–Trinajstić information content (AvgIpc) is 2.73. The lowest BCUT2D eigenvalue weighted by Crippen LogP contribution is -2.46. The predicted molar refractivity (Wildman–Crippen MR) is 111 cm³/mol. The van der Waals surface area contributed by atoms with Crippen molar-refractivity contribution in [3.8, 4) is 6.07 Å². The van der Waals surface area contributed by atoms with E-state index in [9.17, 15) is 13.2 Å². The average molecular weight is 410 g/mol. The number of hydrogen-bond acceptors (Lipinski definition) is 4. The number of nitrogens with zero attached hydrogens (tertiary/aromatic N) is 2. The van der Waals surface area contributed by atoms with Crippen molar-refractivity contribution in [1.29, 1.82) is 5.26 Å². The summed E-state index contributed by atoms with van der Waals surface area (Å²) >= 11 is 0. The Balaban J connectivity index is 1.52. The zero-order valence-electron chi connectivity index (χ0n) is 16.2. The van der Waals surface area contributed by atoms with Gasteiger partial charge in [0.2, 0.25) is 15.9 Å². The van der Waals surface area contributed by atoms with Crippen molar-refractivity contribution in [3.05, 3.63) is 71.3 Å². The second-order valence-corrected chi connectivity index (χ2v) is 9.01. The third-order valence-electron chi connectivity index (χ3n) is 4.93. The first-order valence-electron chi connectivity index (χ1n) is 9.44. The van der Waals surface area contributed by atoms with Gasteiger partial charge in [0.25, 0.3) is 0 Å². The van der Waals surface area contributed by atoms with Gasteiger partial charge in [-0.1, -0.05) is 29.8 Å². The van der Waals surface area contributed by atoms with Crippen molar-refractivity contribution in [3.63, 3.8) is 0 Å². The lowest BCUT2D eigenvalue weighted by Gasteiger charge is -2.31. The predicted octanol–water partition coefficient (Wildman–Crippen LogP) is 2.85. The van der Waals surface area contributed by atoms with Crippen LogP contribution in [0.25, 0.3) is 6.08 Å². The van der Waals surface area contributed by atoms with E-state index in [0.29, 0.717) is 36.4 Å². The molecular formula is C22H23N3O3S. The van der Waals surface area contributed by atoms with E-state index in [0.717, 1.165) is 11.1 Å². The number of carbonyl (C=O) groups excluding carboxylic acids is 1. The third-order valence-corrected chi connectivity index (χ3v) is 6.84. The van der Waals surface area contributed by atoms with E-state index in [-0.39, 0.29) is 11.9 Å². The molecule has 7 heteroatoms. The summed E-state index contributed by atoms with van der Waals surface area (Å²) in [7, 11) is -3.50. The fourth-order valence-electron chi connectivity index (χ4n) is 3.19. The molecule has 1 N–H and O–H groups in total. The Morgan fingerprint density at radius 1 is 1.10 bits per heavy atom. The van der Waals surface area contributed by atoms with E-state index < -0.39 is 10.0 Å². The molecule has 0 aromatic heterocycles. The van der Waals surface area contributed by atoms with Crippen molar-refractivity contribution in [1.82, 2.24) is 9.62 Å². The van der Waals surface area contributed by atoms with Crippen LogP contribution >= 0.6 is 0 Å². The largest absolute Gasteiger partial charge is 0.350 e. The first-order chi connectivity index (χ1) is 13.9. The molecule has 0 atom stereocenters. The highest BCUT2D eigenvalue weighted by molar-refractivity contribution is 7.89. The van der Waals surface area contributed by atoms with Crippen LogP contribution in [-0.2, 0) is 14.8 Å². The summed E-state index contributed by atoms with van der Waals surface area (Å²) in [6, 6.07) is 15.8. The topological polar surface area (TPSA) is 90.3 Å². The van der Waals surface area contributed by atoms with Crippen molar-refractivity contribution in [2.75, 3.05) is 13.1 Å². The quantitative estimate of drug-likeness (QED) is 0.769. The van der Waals surface area contributed by atoms with Gasteiger partial charge >= 0.3 is 0 Å². The van der Waals surface area contributed by atoms with Crippen LogP contribution in [0, 0.1) is 18.3 Å². The molecule has 0 saturated carbocycles. The molecule has 0 bridgehead atoms. The minimum Gasteiger partial charge on any atom is -0.350 e. The highest BCUT2D eigenvalue weighted by Gasteiger charge is 2.29. The number of piperidine rings is 1. The van der Waals surface area contributed by atoms with Gasteiger partial charge in [-0.15, -0.1) is 0 Å². The van der Waals surface area contributed by atoms with Crippen LogP contribution in [0.1, 0.15) is 29.5 Å². The van der Waals surface area contributed by atoms with Crippen LogP contribution in [0.4, 0.5) is 0 Å². The third kappa shape index (κ3) is 5.31. The smallest absolute Gasteiger partial charge is 0.244 e. The van der Waals surface area contributed by atoms with Gasteiger partial charge in [-0.25, -0.2) is 8.42 Å². The van der Waals surface area contributed by atoms with E-state index in [1.54, 1.807) is 54.6 Å². The van der Waals surface area contributed by atoms with Crippen LogP contribution in [0.2, 0.25) is 0 Å². The summed E-state index contributed by atoms with van der Waals surface area (Å²) in [6.45, 7) is 2.67. The number of carbonyl (C=O) groups is 1. The van der Waals surface area contributed by atoms with Gasteiger partial charge in [-0.05, 0) is 55.7 Å². The molecule has 1 aliphatic heterocycles. The van der Waals surface area contributed by atoms with Gasteiger partial charge in [0.05, 0.1) is 16.5 Å². The summed E-state index contributed by atoms with van der Waals surface area (Å²) < 4.78 is 27.0. The molecule has 0 radical (unpaired) electrons. The molecule has 1 heterocycles. The maximum atomic E-state index is 12.7. The summed E-state index contributed by atoms with van der Waals surface area (Å²) in [5.41, 5.74) is 2.41. The molecule has 0 aliphatic carbocycles. The summed E-state index contributed by atoms with van der Waals surface area (Å²) in [5, 5.41) is 11.7. The van der Waals surface area contributed by atoms with Crippen molar-refractivity contribution in [2.45, 2.75) is 30.7 Å². The number of benzene rings is 2. The maximum absolute atomic E-state index is 12.7. The normalized spacial score (nSPS) is 15.9. The molecule has 6 nitrogen and oxygen atoms in total. The maximum Gasteiger partial charge on any atom is 0.244 e. The van der Waals surface area contributed by atoms with Gasteiger partial charge in [-0.2, -0.15) is 9.57 Å². The van der Waals surface area contributed by atoms with E-state index in [2.05, 4.69) is 5.32 Å². The number of aryl methyl sites for hydroxylation is 1. The van der Waals surface area contributed by atoms with E-state index in [1.807, 2.05) is 13.0 Å². The molecular weight excluding hydrogens is 386 g/mol. The molecule has 0 spiro atoms. The van der Waals surface area contributed by atoms with Crippen LogP contribution in [0.5, 0.6) is 0 Å². The van der Waals surface area contributed by atoms with Crippen LogP contribution < -0.4 is 5.32 Å². The minimum atomic E-state index is -3.50. The number of rotatable bonds is 5. The number of nitrogens with one attached hydrogen (secondary N) is 1. The van der Waals surface area contributed by atoms with E-state index in [1.165, 1.54) is 10.4 Å². The molecule has 2 aromatic carbocycles. The van der Waals surface area contributed by atoms with Gasteiger partial charge in [0.15, 0.2) is 0 Å². The van der Waals surface area contributed by atoms with Crippen LogP contribution in [0.3, 0.4) is 0 Å². The SMILES string of the molecule is Cc1ccc(S(=O)(=O)N2CCC(NC(=O)/C=C/c3ccc(C#N)cc3)CC2)cc1. The molecule has 1 aliphatic rings. The molecule has 2 aromatic rings. The first kappa shape index (κ1) is 20.8. The molecule has 150 valence electrons. The Morgan fingerprint density at radius 2 is 1.72 bits per heavy atom. The van der Waals surface area contributed by atoms with Crippen molar-refractivity contribution >= 4 is 22.0 Å². The van der Waals surface area contributed by atoms with Crippen molar-refractivity contribution in [2.24, 2.45) is 0 Å². The van der Waals surface area contributed by atoms with Gasteiger partial charge in [-0.3, -0.25) is 4.79 Å². The number of amides is 1. The Bertz CT molecular complexity index is 1030. The fourth-order valence-corrected chi connectivity index (χ4v) is 4.66. The van der Waals surface area contributed by atoms with Crippen LogP contribution in [0.15, 0.2) is 59.5 Å². The lowest BCUT2D eigenvalue weighted by molar-refractivity contribution is -0.117. The highest BCUT2D eigenvalue weighted by Crippen LogP contribution is 2.21. The highest BCUT2D eigenvalue weighted by atomic mass is 32.2. The lowest BCUT2D eigenvalue weighted by atomic mass is 10.1. The molecule has 1 saturated heterocycles. The van der Waals surface area contributed by atoms with Gasteiger partial charge < -0.3 is 5.32 Å². The Hall–Kier alpha value is -2.95. The summed E-state index contributed by atoms with van der Waals surface area (Å²) in [6.07, 6.45) is 4.29. The monoisotopic (exact) mass is 409 g/mol. The minimum absolute atomic E-state index is 0.0578. The fraction of sp³-hybridized carbons (Fsp3) is 0.273.